The van der Waals surface area contributed by atoms with Crippen molar-refractivity contribution in [3.63, 3.8) is 0 Å². The highest BCUT2D eigenvalue weighted by atomic mass is 16.5. The van der Waals surface area contributed by atoms with E-state index in [1.807, 2.05) is 12.3 Å². The van der Waals surface area contributed by atoms with Gasteiger partial charge < -0.3 is 10.1 Å². The first-order valence-corrected chi connectivity index (χ1v) is 10.2. The van der Waals surface area contributed by atoms with Gasteiger partial charge in [-0.15, -0.1) is 0 Å². The number of nitrogens with zero attached hydrogens (tertiary/aromatic N) is 2. The Morgan fingerprint density at radius 3 is 2.46 bits per heavy atom. The number of nitrogens with one attached hydrogen (secondary N) is 1. The number of hydrogen-bond donors (Lipinski definition) is 1. The van der Waals surface area contributed by atoms with Crippen molar-refractivity contribution in [1.29, 1.82) is 0 Å². The van der Waals surface area contributed by atoms with Gasteiger partial charge in [0.15, 0.2) is 0 Å². The predicted octanol–water partition coefficient (Wildman–Crippen LogP) is 5.60. The number of ether oxygens (including phenoxy) is 1. The maximum absolute atomic E-state index is 6.21. The summed E-state index contributed by atoms with van der Waals surface area (Å²) >= 11 is 0. The number of aromatic nitrogens is 2. The van der Waals surface area contributed by atoms with Crippen LogP contribution in [0.15, 0.2) is 36.5 Å². The van der Waals surface area contributed by atoms with Gasteiger partial charge in [0.2, 0.25) is 5.95 Å². The molecule has 0 unspecified atom stereocenters. The Balaban J connectivity index is 1.46. The van der Waals surface area contributed by atoms with E-state index in [1.165, 1.54) is 64.2 Å². The van der Waals surface area contributed by atoms with Gasteiger partial charge in [0.25, 0.3) is 0 Å². The first-order chi connectivity index (χ1) is 12.9. The molecule has 138 valence electrons. The monoisotopic (exact) mass is 351 g/mol. The maximum atomic E-state index is 6.21. The quantitative estimate of drug-likeness (QED) is 0.761. The third-order valence-electron chi connectivity index (χ3n) is 5.58. The summed E-state index contributed by atoms with van der Waals surface area (Å²) in [7, 11) is 0. The minimum atomic E-state index is 0.368. The molecular weight excluding hydrogens is 322 g/mol. The van der Waals surface area contributed by atoms with E-state index in [4.69, 9.17) is 9.72 Å². The van der Waals surface area contributed by atoms with Gasteiger partial charge in [0.1, 0.15) is 5.75 Å². The number of hydrogen-bond acceptors (Lipinski definition) is 4. The molecule has 1 aromatic carbocycles. The minimum Gasteiger partial charge on any atom is -0.490 e. The molecule has 4 nitrogen and oxygen atoms in total. The summed E-state index contributed by atoms with van der Waals surface area (Å²) in [6.07, 6.45) is 14.9. The summed E-state index contributed by atoms with van der Waals surface area (Å²) < 4.78 is 6.21. The summed E-state index contributed by atoms with van der Waals surface area (Å²) in [4.78, 5) is 9.17. The molecule has 2 saturated carbocycles. The summed E-state index contributed by atoms with van der Waals surface area (Å²) in [6, 6.07) is 10.8. The van der Waals surface area contributed by atoms with E-state index in [0.29, 0.717) is 12.1 Å². The fourth-order valence-electron chi connectivity index (χ4n) is 4.12. The Morgan fingerprint density at radius 2 is 1.65 bits per heavy atom. The van der Waals surface area contributed by atoms with Gasteiger partial charge in [0, 0.05) is 17.8 Å². The first kappa shape index (κ1) is 17.3. The van der Waals surface area contributed by atoms with Crippen molar-refractivity contribution in [3.05, 3.63) is 36.5 Å². The van der Waals surface area contributed by atoms with Crippen LogP contribution in [0.3, 0.4) is 0 Å². The molecular formula is C22H29N3O. The molecule has 0 amide bonds. The lowest BCUT2D eigenvalue weighted by Gasteiger charge is -2.23. The molecule has 2 aliphatic rings. The lowest BCUT2D eigenvalue weighted by Crippen LogP contribution is -2.23. The molecule has 0 atom stereocenters. The van der Waals surface area contributed by atoms with E-state index in [1.54, 1.807) is 0 Å². The van der Waals surface area contributed by atoms with Crippen LogP contribution >= 0.6 is 0 Å². The molecule has 1 heterocycles. The van der Waals surface area contributed by atoms with Crippen molar-refractivity contribution in [1.82, 2.24) is 9.97 Å². The van der Waals surface area contributed by atoms with Crippen LogP contribution in [0, 0.1) is 0 Å². The molecule has 2 aromatic rings. The van der Waals surface area contributed by atoms with E-state index in [-0.39, 0.29) is 0 Å². The lowest BCUT2D eigenvalue weighted by atomic mass is 9.96. The van der Waals surface area contributed by atoms with E-state index >= 15 is 0 Å². The molecule has 1 aromatic heterocycles. The molecule has 4 heteroatoms. The van der Waals surface area contributed by atoms with Gasteiger partial charge >= 0.3 is 0 Å². The molecule has 0 bridgehead atoms. The Morgan fingerprint density at radius 1 is 0.885 bits per heavy atom. The number of benzene rings is 1. The van der Waals surface area contributed by atoms with Crippen molar-refractivity contribution >= 4 is 5.95 Å². The topological polar surface area (TPSA) is 47.0 Å². The zero-order chi connectivity index (χ0) is 17.6. The average Bonchev–Trinajstić information content (AvgIpc) is 2.70. The second-order valence-corrected chi connectivity index (χ2v) is 7.65. The van der Waals surface area contributed by atoms with Crippen LogP contribution in [-0.4, -0.2) is 22.1 Å². The minimum absolute atomic E-state index is 0.368. The zero-order valence-corrected chi connectivity index (χ0v) is 15.5. The van der Waals surface area contributed by atoms with E-state index in [0.717, 1.165) is 23.0 Å². The Kier molecular flexibility index (Phi) is 5.68. The highest BCUT2D eigenvalue weighted by Gasteiger charge is 2.16. The zero-order valence-electron chi connectivity index (χ0n) is 15.5. The SMILES string of the molecule is c1cc(OC2CCCCC2)cc(-c2ccnc(NC3CCCCC3)n2)c1. The molecule has 0 saturated heterocycles. The van der Waals surface area contributed by atoms with Crippen molar-refractivity contribution in [3.8, 4) is 17.0 Å². The molecule has 0 radical (unpaired) electrons. The summed E-state index contributed by atoms with van der Waals surface area (Å²) in [5.41, 5.74) is 2.04. The predicted molar refractivity (Wildman–Crippen MR) is 105 cm³/mol. The van der Waals surface area contributed by atoms with Crippen LogP contribution in [-0.2, 0) is 0 Å². The largest absolute Gasteiger partial charge is 0.490 e. The van der Waals surface area contributed by atoms with Crippen LogP contribution in [0.1, 0.15) is 64.2 Å². The van der Waals surface area contributed by atoms with Gasteiger partial charge in [0.05, 0.1) is 11.8 Å². The van der Waals surface area contributed by atoms with E-state index in [9.17, 15) is 0 Å². The second kappa shape index (κ2) is 8.52. The van der Waals surface area contributed by atoms with Gasteiger partial charge in [-0.2, -0.15) is 0 Å². The summed E-state index contributed by atoms with van der Waals surface area (Å²) in [6.45, 7) is 0. The number of rotatable bonds is 5. The van der Waals surface area contributed by atoms with Gasteiger partial charge in [-0.1, -0.05) is 37.8 Å². The molecule has 1 N–H and O–H groups in total. The normalized spacial score (nSPS) is 19.2. The lowest BCUT2D eigenvalue weighted by molar-refractivity contribution is 0.155. The van der Waals surface area contributed by atoms with Crippen molar-refractivity contribution in [2.75, 3.05) is 5.32 Å². The third-order valence-corrected chi connectivity index (χ3v) is 5.58. The smallest absolute Gasteiger partial charge is 0.223 e. The van der Waals surface area contributed by atoms with E-state index in [2.05, 4.69) is 34.6 Å². The van der Waals surface area contributed by atoms with Crippen LogP contribution in [0.2, 0.25) is 0 Å². The Hall–Kier alpha value is -2.10. The third kappa shape index (κ3) is 4.54. The Bertz CT molecular complexity index is 645. The maximum Gasteiger partial charge on any atom is 0.223 e. The summed E-state index contributed by atoms with van der Waals surface area (Å²) in [5, 5.41) is 3.52. The van der Waals surface area contributed by atoms with Crippen molar-refractivity contribution in [2.45, 2.75) is 76.4 Å². The molecule has 2 fully saturated rings. The first-order valence-electron chi connectivity index (χ1n) is 10.2. The van der Waals surface area contributed by atoms with Crippen LogP contribution in [0.25, 0.3) is 11.3 Å². The molecule has 0 spiro atoms. The van der Waals surface area contributed by atoms with Crippen LogP contribution < -0.4 is 10.1 Å². The highest BCUT2D eigenvalue weighted by Crippen LogP contribution is 2.27. The van der Waals surface area contributed by atoms with Gasteiger partial charge in [-0.25, -0.2) is 9.97 Å². The molecule has 0 aliphatic heterocycles. The van der Waals surface area contributed by atoms with Gasteiger partial charge in [-0.05, 0) is 56.7 Å². The summed E-state index contributed by atoms with van der Waals surface area (Å²) in [5.74, 6) is 1.70. The second-order valence-electron chi connectivity index (χ2n) is 7.65. The highest BCUT2D eigenvalue weighted by molar-refractivity contribution is 5.62. The molecule has 26 heavy (non-hydrogen) atoms. The fourth-order valence-corrected chi connectivity index (χ4v) is 4.12. The Labute approximate surface area is 156 Å². The molecule has 4 rings (SSSR count). The van der Waals surface area contributed by atoms with Gasteiger partial charge in [-0.3, -0.25) is 0 Å². The molecule has 2 aliphatic carbocycles. The van der Waals surface area contributed by atoms with Crippen LogP contribution in [0.5, 0.6) is 5.75 Å². The fraction of sp³-hybridized carbons (Fsp3) is 0.545. The average molecular weight is 351 g/mol. The van der Waals surface area contributed by atoms with Crippen molar-refractivity contribution in [2.24, 2.45) is 0 Å². The standard InChI is InChI=1S/C22H29N3O/c1-3-9-18(10-4-1)24-22-23-15-14-21(25-22)17-8-7-13-20(16-17)26-19-11-5-2-6-12-19/h7-8,13-16,18-19H,1-6,9-12H2,(H,23,24,25). The number of anilines is 1. The van der Waals surface area contributed by atoms with E-state index < -0.39 is 0 Å². The van der Waals surface area contributed by atoms with Crippen LogP contribution in [0.4, 0.5) is 5.95 Å². The van der Waals surface area contributed by atoms with Crippen molar-refractivity contribution < 1.29 is 4.74 Å².